The van der Waals surface area contributed by atoms with Crippen molar-refractivity contribution < 1.29 is 8.42 Å². The fourth-order valence-corrected chi connectivity index (χ4v) is 5.22. The Kier molecular flexibility index (Phi) is 4.14. The van der Waals surface area contributed by atoms with Crippen molar-refractivity contribution in [2.45, 2.75) is 50.3 Å². The maximum absolute atomic E-state index is 12.3. The molecule has 1 N–H and O–H groups in total. The maximum Gasteiger partial charge on any atom is 0.250 e. The maximum atomic E-state index is 12.3. The Morgan fingerprint density at radius 3 is 2.61 bits per heavy atom. The van der Waals surface area contributed by atoms with Gasteiger partial charge in [-0.1, -0.05) is 26.7 Å². The van der Waals surface area contributed by atoms with Crippen LogP contribution in [0.15, 0.2) is 16.3 Å². The minimum Gasteiger partial charge on any atom is -0.207 e. The van der Waals surface area contributed by atoms with Crippen LogP contribution in [0.1, 0.15) is 38.0 Å². The first-order chi connectivity index (χ1) is 8.40. The fraction of sp³-hybridized carbons (Fsp3) is 0.692. The lowest BCUT2D eigenvalue weighted by atomic mass is 9.78. The number of aryl methyl sites for hydroxylation is 1. The third-order valence-corrected chi connectivity index (χ3v) is 6.98. The number of thiophene rings is 1. The smallest absolute Gasteiger partial charge is 0.207 e. The van der Waals surface area contributed by atoms with Gasteiger partial charge in [0, 0.05) is 10.9 Å². The van der Waals surface area contributed by atoms with Gasteiger partial charge in [-0.05, 0) is 37.3 Å². The Labute approximate surface area is 114 Å². The Balaban J connectivity index is 2.13. The lowest BCUT2D eigenvalue weighted by Crippen LogP contribution is -2.43. The van der Waals surface area contributed by atoms with Crippen molar-refractivity contribution in [1.82, 2.24) is 4.72 Å². The topological polar surface area (TPSA) is 46.2 Å². The number of sulfonamides is 1. The molecule has 3 nitrogen and oxygen atoms in total. The van der Waals surface area contributed by atoms with E-state index in [2.05, 4.69) is 18.6 Å². The summed E-state index contributed by atoms with van der Waals surface area (Å²) in [7, 11) is -3.33. The summed E-state index contributed by atoms with van der Waals surface area (Å²) >= 11 is 1.33. The van der Waals surface area contributed by atoms with Gasteiger partial charge < -0.3 is 0 Å². The molecule has 5 heteroatoms. The highest BCUT2D eigenvalue weighted by atomic mass is 32.2. The van der Waals surface area contributed by atoms with Gasteiger partial charge in [-0.2, -0.15) is 0 Å². The van der Waals surface area contributed by atoms with Crippen LogP contribution >= 0.6 is 11.3 Å². The third kappa shape index (κ3) is 2.95. The largest absolute Gasteiger partial charge is 0.250 e. The summed E-state index contributed by atoms with van der Waals surface area (Å²) in [6.45, 7) is 6.28. The average Bonchev–Trinajstić information content (AvgIpc) is 2.72. The second-order valence-electron chi connectivity index (χ2n) is 5.36. The molecular weight excluding hydrogens is 266 g/mol. The zero-order valence-corrected chi connectivity index (χ0v) is 12.8. The van der Waals surface area contributed by atoms with E-state index < -0.39 is 10.0 Å². The monoisotopic (exact) mass is 287 g/mol. The molecule has 0 saturated heterocycles. The van der Waals surface area contributed by atoms with Crippen molar-refractivity contribution in [3.8, 4) is 0 Å². The Morgan fingerprint density at radius 2 is 2.00 bits per heavy atom. The zero-order valence-electron chi connectivity index (χ0n) is 11.1. The first kappa shape index (κ1) is 14.0. The highest BCUT2D eigenvalue weighted by molar-refractivity contribution is 7.91. The van der Waals surface area contributed by atoms with E-state index in [4.69, 9.17) is 0 Å². The third-order valence-electron chi connectivity index (χ3n) is 3.99. The zero-order chi connectivity index (χ0) is 13.3. The fourth-order valence-electron chi connectivity index (χ4n) is 2.56. The van der Waals surface area contributed by atoms with Crippen molar-refractivity contribution in [2.24, 2.45) is 11.8 Å². The molecule has 3 unspecified atom stereocenters. The van der Waals surface area contributed by atoms with Gasteiger partial charge in [0.05, 0.1) is 0 Å². The second-order valence-corrected chi connectivity index (χ2v) is 8.59. The predicted octanol–water partition coefficient (Wildman–Crippen LogP) is 3.16. The van der Waals surface area contributed by atoms with Gasteiger partial charge in [-0.15, -0.1) is 11.3 Å². The molecule has 0 amide bonds. The Hall–Kier alpha value is -0.390. The summed E-state index contributed by atoms with van der Waals surface area (Å²) in [4.78, 5) is 1.03. The SMILES string of the molecule is Cc1ccc(S(=O)(=O)NC2CCCC(C)C2C)s1. The van der Waals surface area contributed by atoms with Crippen molar-refractivity contribution in [3.05, 3.63) is 17.0 Å². The van der Waals surface area contributed by atoms with E-state index in [0.29, 0.717) is 16.0 Å². The van der Waals surface area contributed by atoms with Crippen molar-refractivity contribution in [2.75, 3.05) is 0 Å². The number of hydrogen-bond donors (Lipinski definition) is 1. The van der Waals surface area contributed by atoms with Crippen LogP contribution in [0.4, 0.5) is 0 Å². The first-order valence-corrected chi connectivity index (χ1v) is 8.79. The first-order valence-electron chi connectivity index (χ1n) is 6.49. The molecule has 0 spiro atoms. The van der Waals surface area contributed by atoms with E-state index in [0.717, 1.165) is 17.7 Å². The molecule has 0 radical (unpaired) electrons. The van der Waals surface area contributed by atoms with Crippen LogP contribution < -0.4 is 4.72 Å². The normalized spacial score (nSPS) is 29.4. The lowest BCUT2D eigenvalue weighted by Gasteiger charge is -2.34. The lowest BCUT2D eigenvalue weighted by molar-refractivity contribution is 0.227. The predicted molar refractivity (Wildman–Crippen MR) is 75.3 cm³/mol. The Bertz CT molecular complexity index is 507. The van der Waals surface area contributed by atoms with Gasteiger partial charge in [-0.25, -0.2) is 13.1 Å². The molecule has 0 aromatic carbocycles. The molecule has 1 saturated carbocycles. The van der Waals surface area contributed by atoms with Gasteiger partial charge in [0.25, 0.3) is 0 Å². The molecule has 1 heterocycles. The molecule has 1 aliphatic carbocycles. The van der Waals surface area contributed by atoms with Gasteiger partial charge >= 0.3 is 0 Å². The molecule has 0 bridgehead atoms. The standard InChI is InChI=1S/C13H21NO2S2/c1-9-5-4-6-12(11(9)3)14-18(15,16)13-8-7-10(2)17-13/h7-9,11-12,14H,4-6H2,1-3H3. The molecule has 102 valence electrons. The Morgan fingerprint density at radius 1 is 1.28 bits per heavy atom. The van der Waals surface area contributed by atoms with E-state index in [1.54, 1.807) is 6.07 Å². The molecule has 2 rings (SSSR count). The number of nitrogens with one attached hydrogen (secondary N) is 1. The van der Waals surface area contributed by atoms with Gasteiger partial charge in [0.2, 0.25) is 10.0 Å². The average molecular weight is 287 g/mol. The van der Waals surface area contributed by atoms with E-state index in [9.17, 15) is 8.42 Å². The molecule has 0 aliphatic heterocycles. The van der Waals surface area contributed by atoms with E-state index in [1.807, 2.05) is 13.0 Å². The molecule has 1 aliphatic rings. The highest BCUT2D eigenvalue weighted by Gasteiger charge is 2.31. The molecule has 1 fully saturated rings. The summed E-state index contributed by atoms with van der Waals surface area (Å²) < 4.78 is 27.9. The summed E-state index contributed by atoms with van der Waals surface area (Å²) in [6, 6.07) is 3.63. The summed E-state index contributed by atoms with van der Waals surface area (Å²) in [5, 5.41) is 0. The van der Waals surface area contributed by atoms with E-state index in [1.165, 1.54) is 17.8 Å². The van der Waals surface area contributed by atoms with Crippen LogP contribution in [0.5, 0.6) is 0 Å². The quantitative estimate of drug-likeness (QED) is 0.928. The van der Waals surface area contributed by atoms with Gasteiger partial charge in [0.1, 0.15) is 4.21 Å². The number of rotatable bonds is 3. The summed E-state index contributed by atoms with van der Waals surface area (Å²) in [5.74, 6) is 1.01. The second kappa shape index (κ2) is 5.31. The minimum absolute atomic E-state index is 0.0844. The van der Waals surface area contributed by atoms with E-state index >= 15 is 0 Å². The minimum atomic E-state index is -3.33. The highest BCUT2D eigenvalue weighted by Crippen LogP contribution is 2.31. The van der Waals surface area contributed by atoms with Crippen molar-refractivity contribution in [1.29, 1.82) is 0 Å². The summed E-state index contributed by atoms with van der Waals surface area (Å²) in [5.41, 5.74) is 0. The molecule has 1 aromatic rings. The van der Waals surface area contributed by atoms with Crippen LogP contribution in [0, 0.1) is 18.8 Å². The van der Waals surface area contributed by atoms with E-state index in [-0.39, 0.29) is 6.04 Å². The van der Waals surface area contributed by atoms with Crippen LogP contribution in [0.2, 0.25) is 0 Å². The van der Waals surface area contributed by atoms with Crippen molar-refractivity contribution >= 4 is 21.4 Å². The molecule has 3 atom stereocenters. The van der Waals surface area contributed by atoms with Gasteiger partial charge in [-0.3, -0.25) is 0 Å². The molecule has 1 aromatic heterocycles. The van der Waals surface area contributed by atoms with Crippen LogP contribution in [0.25, 0.3) is 0 Å². The van der Waals surface area contributed by atoms with Crippen LogP contribution in [-0.2, 0) is 10.0 Å². The van der Waals surface area contributed by atoms with Crippen LogP contribution in [-0.4, -0.2) is 14.5 Å². The van der Waals surface area contributed by atoms with Gasteiger partial charge in [0.15, 0.2) is 0 Å². The molecule has 18 heavy (non-hydrogen) atoms. The summed E-state index contributed by atoms with van der Waals surface area (Å²) in [6.07, 6.45) is 3.27. The molecular formula is C13H21NO2S2. The van der Waals surface area contributed by atoms with Crippen LogP contribution in [0.3, 0.4) is 0 Å². The van der Waals surface area contributed by atoms with Crippen molar-refractivity contribution in [3.63, 3.8) is 0 Å². The number of hydrogen-bond acceptors (Lipinski definition) is 3.